The van der Waals surface area contributed by atoms with Crippen LogP contribution >= 0.6 is 0 Å². The first-order valence-corrected chi connectivity index (χ1v) is 10.3. The molecule has 134 valence electrons. The number of ether oxygens (including phenoxy) is 1. The van der Waals surface area contributed by atoms with Crippen LogP contribution in [0.15, 0.2) is 0 Å². The molecule has 0 aromatic heterocycles. The molecule has 0 amide bonds. The molecular weight excluding hydrogens is 300 g/mol. The summed E-state index contributed by atoms with van der Waals surface area (Å²) in [6.07, 6.45) is 11.4. The minimum absolute atomic E-state index is 0.0158. The molecule has 24 heavy (non-hydrogen) atoms. The average molecular weight is 332 g/mol. The van der Waals surface area contributed by atoms with Crippen molar-refractivity contribution in [1.82, 2.24) is 0 Å². The van der Waals surface area contributed by atoms with Gasteiger partial charge in [0.05, 0.1) is 12.2 Å². The summed E-state index contributed by atoms with van der Waals surface area (Å²) in [6, 6.07) is 0. The van der Waals surface area contributed by atoms with Crippen LogP contribution in [0.25, 0.3) is 0 Å². The van der Waals surface area contributed by atoms with Gasteiger partial charge in [0.25, 0.3) is 0 Å². The van der Waals surface area contributed by atoms with E-state index in [2.05, 4.69) is 6.92 Å². The smallest absolute Gasteiger partial charge is 0.133 e. The van der Waals surface area contributed by atoms with Gasteiger partial charge >= 0.3 is 0 Å². The summed E-state index contributed by atoms with van der Waals surface area (Å²) in [5, 5.41) is 12.1. The summed E-state index contributed by atoms with van der Waals surface area (Å²) in [6.45, 7) is 4.78. The number of carbonyl (C=O) groups excluding carboxylic acids is 1. The zero-order chi connectivity index (χ0) is 16.8. The number of rotatable bonds is 1. The molecule has 5 fully saturated rings. The van der Waals surface area contributed by atoms with E-state index in [1.54, 1.807) is 6.92 Å². The van der Waals surface area contributed by atoms with Crippen LogP contribution in [-0.4, -0.2) is 28.7 Å². The van der Waals surface area contributed by atoms with E-state index in [-0.39, 0.29) is 22.7 Å². The second-order valence-electron chi connectivity index (χ2n) is 9.96. The van der Waals surface area contributed by atoms with Gasteiger partial charge in [-0.2, -0.15) is 0 Å². The highest BCUT2D eigenvalue weighted by Crippen LogP contribution is 2.74. The minimum Gasteiger partial charge on any atom is -0.386 e. The van der Waals surface area contributed by atoms with E-state index >= 15 is 0 Å². The molecule has 0 radical (unpaired) electrons. The van der Waals surface area contributed by atoms with E-state index in [1.165, 1.54) is 32.1 Å². The van der Waals surface area contributed by atoms with Crippen LogP contribution in [-0.2, 0) is 9.53 Å². The Morgan fingerprint density at radius 1 is 1.04 bits per heavy atom. The Labute approximate surface area is 145 Å². The van der Waals surface area contributed by atoms with E-state index in [0.717, 1.165) is 44.6 Å². The number of Topliss-reactive ketones (excluding diaryl/α,β-unsaturated/α-hetero) is 1. The highest BCUT2D eigenvalue weighted by Gasteiger charge is 2.78. The molecular formula is C21H32O3. The number of ketones is 1. The van der Waals surface area contributed by atoms with Crippen molar-refractivity contribution in [3.8, 4) is 0 Å². The van der Waals surface area contributed by atoms with Crippen LogP contribution in [0.3, 0.4) is 0 Å². The van der Waals surface area contributed by atoms with Gasteiger partial charge in [-0.1, -0.05) is 19.8 Å². The molecule has 2 bridgehead atoms. The first kappa shape index (κ1) is 15.8. The normalized spacial score (nSPS) is 58.7. The molecule has 0 aromatic rings. The van der Waals surface area contributed by atoms with E-state index in [1.807, 2.05) is 0 Å². The van der Waals surface area contributed by atoms with Crippen molar-refractivity contribution in [2.75, 3.05) is 6.61 Å². The fraction of sp³-hybridized carbons (Fsp3) is 0.952. The molecule has 0 unspecified atom stereocenters. The van der Waals surface area contributed by atoms with Gasteiger partial charge in [0, 0.05) is 16.7 Å². The van der Waals surface area contributed by atoms with Crippen LogP contribution < -0.4 is 0 Å². The van der Waals surface area contributed by atoms with Crippen molar-refractivity contribution >= 4 is 5.78 Å². The maximum absolute atomic E-state index is 12.3. The highest BCUT2D eigenvalue weighted by molar-refractivity contribution is 5.80. The maximum Gasteiger partial charge on any atom is 0.133 e. The average Bonchev–Trinajstić information content (AvgIpc) is 2.95. The van der Waals surface area contributed by atoms with Gasteiger partial charge in [-0.05, 0) is 70.1 Å². The molecule has 0 aromatic carbocycles. The molecule has 3 nitrogen and oxygen atoms in total. The predicted molar refractivity (Wildman–Crippen MR) is 91.5 cm³/mol. The number of hydrogen-bond acceptors (Lipinski definition) is 3. The third kappa shape index (κ3) is 1.48. The van der Waals surface area contributed by atoms with Crippen LogP contribution in [0.1, 0.15) is 78.1 Å². The van der Waals surface area contributed by atoms with Crippen molar-refractivity contribution in [3.05, 3.63) is 0 Å². The summed E-state index contributed by atoms with van der Waals surface area (Å²) < 4.78 is 6.68. The van der Waals surface area contributed by atoms with Crippen LogP contribution in [0.5, 0.6) is 0 Å². The Morgan fingerprint density at radius 3 is 2.67 bits per heavy atom. The quantitative estimate of drug-likeness (QED) is 0.793. The van der Waals surface area contributed by atoms with Crippen molar-refractivity contribution < 1.29 is 14.6 Å². The molecule has 1 N–H and O–H groups in total. The molecule has 3 heteroatoms. The summed E-state index contributed by atoms with van der Waals surface area (Å²) >= 11 is 0. The maximum atomic E-state index is 12.3. The fourth-order valence-corrected chi connectivity index (χ4v) is 8.53. The van der Waals surface area contributed by atoms with Crippen molar-refractivity contribution in [2.24, 2.45) is 28.6 Å². The summed E-state index contributed by atoms with van der Waals surface area (Å²) in [5.41, 5.74) is -1.12. The van der Waals surface area contributed by atoms with E-state index < -0.39 is 5.60 Å². The molecule has 1 saturated heterocycles. The molecule has 4 aliphatic carbocycles. The van der Waals surface area contributed by atoms with Gasteiger partial charge in [-0.15, -0.1) is 0 Å². The zero-order valence-corrected chi connectivity index (χ0v) is 15.3. The number of hydrogen-bond donors (Lipinski definition) is 1. The van der Waals surface area contributed by atoms with Gasteiger partial charge in [-0.25, -0.2) is 0 Å². The van der Waals surface area contributed by atoms with Crippen molar-refractivity contribution in [1.29, 1.82) is 0 Å². The first-order chi connectivity index (χ1) is 11.4. The van der Waals surface area contributed by atoms with Gasteiger partial charge in [-0.3, -0.25) is 4.79 Å². The largest absolute Gasteiger partial charge is 0.386 e. The molecule has 7 atom stereocenters. The molecule has 1 aliphatic heterocycles. The van der Waals surface area contributed by atoms with Gasteiger partial charge in [0.15, 0.2) is 0 Å². The highest BCUT2D eigenvalue weighted by atomic mass is 16.5. The van der Waals surface area contributed by atoms with Crippen LogP contribution in [0, 0.1) is 28.6 Å². The van der Waals surface area contributed by atoms with Gasteiger partial charge in [0.1, 0.15) is 11.4 Å². The van der Waals surface area contributed by atoms with E-state index in [0.29, 0.717) is 11.3 Å². The second-order valence-corrected chi connectivity index (χ2v) is 9.96. The van der Waals surface area contributed by atoms with E-state index in [4.69, 9.17) is 4.74 Å². The van der Waals surface area contributed by atoms with E-state index in [9.17, 15) is 9.90 Å². The molecule has 4 saturated carbocycles. The number of aliphatic hydroxyl groups is 1. The van der Waals surface area contributed by atoms with Crippen LogP contribution in [0.4, 0.5) is 0 Å². The first-order valence-electron chi connectivity index (χ1n) is 10.3. The van der Waals surface area contributed by atoms with Crippen molar-refractivity contribution in [2.45, 2.75) is 89.3 Å². The Hall–Kier alpha value is -0.410. The Morgan fingerprint density at radius 2 is 1.88 bits per heavy atom. The Kier molecular flexibility index (Phi) is 3.06. The Bertz CT molecular complexity index is 584. The lowest BCUT2D eigenvalue weighted by molar-refractivity contribution is -0.259. The minimum atomic E-state index is -0.800. The third-order valence-corrected chi connectivity index (χ3v) is 9.63. The topological polar surface area (TPSA) is 46.5 Å². The monoisotopic (exact) mass is 332 g/mol. The lowest BCUT2D eigenvalue weighted by Gasteiger charge is -2.63. The molecule has 1 spiro atoms. The number of fused-ring (bicyclic) bond motifs is 1. The fourth-order valence-electron chi connectivity index (χ4n) is 8.53. The zero-order valence-electron chi connectivity index (χ0n) is 15.3. The lowest BCUT2D eigenvalue weighted by atomic mass is 9.42. The standard InChI is InChI=1S/C21H32O3/c1-14(22)16-7-12-21(23)18(16,2)10-8-17-19-9-4-3-5-15(19)6-11-20(17,21)24-13-19/h15-17,23H,3-13H2,1-2H3/t15-,16+,17+,18+,19+,20-,21+/m0/s1. The van der Waals surface area contributed by atoms with Crippen molar-refractivity contribution in [3.63, 3.8) is 0 Å². The lowest BCUT2D eigenvalue weighted by Crippen LogP contribution is -2.70. The summed E-state index contributed by atoms with van der Waals surface area (Å²) in [5.74, 6) is 1.61. The second kappa shape index (κ2) is 4.65. The molecule has 1 heterocycles. The molecule has 5 aliphatic rings. The van der Waals surface area contributed by atoms with Crippen LogP contribution in [0.2, 0.25) is 0 Å². The predicted octanol–water partition coefficient (Wildman–Crippen LogP) is 3.87. The van der Waals surface area contributed by atoms with Gasteiger partial charge < -0.3 is 9.84 Å². The summed E-state index contributed by atoms with van der Waals surface area (Å²) in [4.78, 5) is 12.3. The summed E-state index contributed by atoms with van der Waals surface area (Å²) in [7, 11) is 0. The SMILES string of the molecule is CC(=O)[C@H]1CC[C@]2(O)[C@@]34CC[C@@H]5CCCC[C@]5(CO3)[C@H]4CC[C@]12C. The number of carbonyl (C=O) groups is 1. The third-order valence-electron chi connectivity index (χ3n) is 9.63. The molecule has 5 rings (SSSR count). The Balaban J connectivity index is 1.61. The van der Waals surface area contributed by atoms with Gasteiger partial charge in [0.2, 0.25) is 0 Å².